The number of anilines is 1. The molecule has 2 heterocycles. The molecular formula is C31H31NO7. The van der Waals surface area contributed by atoms with Crippen molar-refractivity contribution in [3.05, 3.63) is 76.9 Å². The molecule has 3 aromatic rings. The molecule has 0 aliphatic carbocycles. The summed E-state index contributed by atoms with van der Waals surface area (Å²) >= 11 is 0. The minimum atomic E-state index is -1.33. The number of carbonyl (C=O) groups excluding carboxylic acids is 3. The second-order valence-electron chi connectivity index (χ2n) is 11.8. The number of fused-ring (bicyclic) bond motifs is 6. The van der Waals surface area contributed by atoms with Crippen LogP contribution in [0.1, 0.15) is 68.6 Å². The Hall–Kier alpha value is -4.33. The minimum absolute atomic E-state index is 0.288. The van der Waals surface area contributed by atoms with E-state index in [1.165, 1.54) is 0 Å². The normalized spacial score (nSPS) is 14.9. The first kappa shape index (κ1) is 26.3. The first-order valence-corrected chi connectivity index (χ1v) is 12.7. The van der Waals surface area contributed by atoms with Crippen molar-refractivity contribution < 1.29 is 33.3 Å². The SMILES string of the molecule is CNc1ccc2c(c1)C1(OC2=O)c2ccc(OC(=O)C(C)(C)C)cc2Oc2cc(OC(=O)C(C)(C)C)ccc21. The van der Waals surface area contributed by atoms with Crippen molar-refractivity contribution >= 4 is 23.6 Å². The summed E-state index contributed by atoms with van der Waals surface area (Å²) in [7, 11) is 1.80. The third-order valence-electron chi connectivity index (χ3n) is 6.68. The van der Waals surface area contributed by atoms with Crippen LogP contribution in [0, 0.1) is 10.8 Å². The summed E-state index contributed by atoms with van der Waals surface area (Å²) < 4.78 is 23.7. The van der Waals surface area contributed by atoms with Gasteiger partial charge in [0, 0.05) is 41.6 Å². The molecule has 0 amide bonds. The van der Waals surface area contributed by atoms with Gasteiger partial charge in [0.25, 0.3) is 0 Å². The molecule has 0 unspecified atom stereocenters. The molecular weight excluding hydrogens is 498 g/mol. The maximum Gasteiger partial charge on any atom is 0.340 e. The molecule has 0 aromatic heterocycles. The molecule has 2 aliphatic heterocycles. The van der Waals surface area contributed by atoms with Gasteiger partial charge in [-0.15, -0.1) is 0 Å². The van der Waals surface area contributed by atoms with E-state index in [9.17, 15) is 14.4 Å². The summed E-state index contributed by atoms with van der Waals surface area (Å²) in [6, 6.07) is 15.4. The molecule has 2 aliphatic rings. The van der Waals surface area contributed by atoms with E-state index in [1.54, 1.807) is 91.1 Å². The van der Waals surface area contributed by atoms with Gasteiger partial charge in [-0.3, -0.25) is 9.59 Å². The Bertz CT molecular complexity index is 1450. The van der Waals surface area contributed by atoms with E-state index in [0.29, 0.717) is 33.8 Å². The van der Waals surface area contributed by atoms with Crippen LogP contribution < -0.4 is 19.5 Å². The summed E-state index contributed by atoms with van der Waals surface area (Å²) in [5.74, 6) is -0.0136. The number of nitrogens with one attached hydrogen (secondary N) is 1. The van der Waals surface area contributed by atoms with Crippen molar-refractivity contribution in [1.82, 2.24) is 0 Å². The van der Waals surface area contributed by atoms with Crippen LogP contribution in [0.4, 0.5) is 5.69 Å². The molecule has 8 heteroatoms. The zero-order valence-corrected chi connectivity index (χ0v) is 23.1. The zero-order valence-electron chi connectivity index (χ0n) is 23.1. The maximum absolute atomic E-state index is 13.2. The van der Waals surface area contributed by atoms with Gasteiger partial charge in [0.1, 0.15) is 23.0 Å². The number of hydrogen-bond acceptors (Lipinski definition) is 8. The highest BCUT2D eigenvalue weighted by atomic mass is 16.6. The maximum atomic E-state index is 13.2. The van der Waals surface area contributed by atoms with Crippen molar-refractivity contribution in [2.45, 2.75) is 47.1 Å². The summed E-state index contributed by atoms with van der Waals surface area (Å²) in [4.78, 5) is 38.3. The van der Waals surface area contributed by atoms with E-state index in [2.05, 4.69) is 5.32 Å². The fourth-order valence-corrected chi connectivity index (χ4v) is 4.48. The number of benzene rings is 3. The highest BCUT2D eigenvalue weighted by molar-refractivity contribution is 5.97. The third kappa shape index (κ3) is 4.39. The van der Waals surface area contributed by atoms with Crippen molar-refractivity contribution in [2.24, 2.45) is 10.8 Å². The fraction of sp³-hybridized carbons (Fsp3) is 0.323. The van der Waals surface area contributed by atoms with Gasteiger partial charge in [0.15, 0.2) is 5.60 Å². The molecule has 0 radical (unpaired) electrons. The Morgan fingerprint density at radius 1 is 0.744 bits per heavy atom. The topological polar surface area (TPSA) is 100 Å². The smallest absolute Gasteiger partial charge is 0.340 e. The average molecular weight is 530 g/mol. The summed E-state index contributed by atoms with van der Waals surface area (Å²) in [6.45, 7) is 10.6. The van der Waals surface area contributed by atoms with Crippen LogP contribution in [0.5, 0.6) is 23.0 Å². The van der Waals surface area contributed by atoms with Gasteiger partial charge in [0.05, 0.1) is 16.4 Å². The highest BCUT2D eigenvalue weighted by Crippen LogP contribution is 2.57. The molecule has 0 saturated heterocycles. The lowest BCUT2D eigenvalue weighted by atomic mass is 9.77. The third-order valence-corrected chi connectivity index (χ3v) is 6.68. The molecule has 0 fully saturated rings. The summed E-state index contributed by atoms with van der Waals surface area (Å²) in [6.07, 6.45) is 0. The molecule has 39 heavy (non-hydrogen) atoms. The minimum Gasteiger partial charge on any atom is -0.456 e. The summed E-state index contributed by atoms with van der Waals surface area (Å²) in [5, 5.41) is 3.12. The summed E-state index contributed by atoms with van der Waals surface area (Å²) in [5.41, 5.74) is 0.271. The fourth-order valence-electron chi connectivity index (χ4n) is 4.48. The molecule has 1 N–H and O–H groups in total. The van der Waals surface area contributed by atoms with Gasteiger partial charge >= 0.3 is 17.9 Å². The van der Waals surface area contributed by atoms with E-state index in [4.69, 9.17) is 18.9 Å². The van der Waals surface area contributed by atoms with Crippen molar-refractivity contribution in [2.75, 3.05) is 12.4 Å². The number of ether oxygens (including phenoxy) is 4. The Kier molecular flexibility index (Phi) is 5.97. The van der Waals surface area contributed by atoms with Crippen LogP contribution in [0.15, 0.2) is 54.6 Å². The van der Waals surface area contributed by atoms with E-state index in [0.717, 1.165) is 5.69 Å². The zero-order chi connectivity index (χ0) is 28.3. The van der Waals surface area contributed by atoms with Crippen LogP contribution in [0.2, 0.25) is 0 Å². The lowest BCUT2D eigenvalue weighted by molar-refractivity contribution is -0.143. The monoisotopic (exact) mass is 529 g/mol. The largest absolute Gasteiger partial charge is 0.456 e. The Morgan fingerprint density at radius 2 is 1.26 bits per heavy atom. The van der Waals surface area contributed by atoms with Gasteiger partial charge in [0.2, 0.25) is 0 Å². The quantitative estimate of drug-likeness (QED) is 0.316. The number of carbonyl (C=O) groups is 3. The van der Waals surface area contributed by atoms with Gasteiger partial charge < -0.3 is 24.3 Å². The molecule has 0 bridgehead atoms. The molecule has 202 valence electrons. The second-order valence-corrected chi connectivity index (χ2v) is 11.8. The van der Waals surface area contributed by atoms with Crippen molar-refractivity contribution in [1.29, 1.82) is 0 Å². The van der Waals surface area contributed by atoms with Crippen LogP contribution in [-0.2, 0) is 19.9 Å². The Morgan fingerprint density at radius 3 is 1.72 bits per heavy atom. The van der Waals surface area contributed by atoms with Gasteiger partial charge in [-0.1, -0.05) is 0 Å². The number of rotatable bonds is 3. The van der Waals surface area contributed by atoms with E-state index in [1.807, 2.05) is 12.1 Å². The van der Waals surface area contributed by atoms with Gasteiger partial charge in [-0.25, -0.2) is 4.79 Å². The molecule has 3 aromatic carbocycles. The molecule has 0 atom stereocenters. The lowest BCUT2D eigenvalue weighted by Gasteiger charge is -2.37. The standard InChI is InChI=1S/C31H31NO7/c1-29(2,3)27(34)36-18-9-12-21-24(15-18)38-25-16-19(37-28(35)30(4,5)6)10-13-22(25)31(21)23-14-17(32-7)8-11-20(23)26(33)39-31/h8-16,32H,1-7H3. The number of hydrogen-bond donors (Lipinski definition) is 1. The molecule has 8 nitrogen and oxygen atoms in total. The molecule has 5 rings (SSSR count). The second kappa shape index (κ2) is 8.86. The Balaban J connectivity index is 1.69. The first-order chi connectivity index (χ1) is 18.2. The average Bonchev–Trinajstić information content (AvgIpc) is 3.14. The highest BCUT2D eigenvalue weighted by Gasteiger charge is 2.54. The van der Waals surface area contributed by atoms with E-state index >= 15 is 0 Å². The molecule has 1 spiro atoms. The van der Waals surface area contributed by atoms with Crippen molar-refractivity contribution in [3.63, 3.8) is 0 Å². The van der Waals surface area contributed by atoms with Crippen LogP contribution in [0.25, 0.3) is 0 Å². The molecule has 0 saturated carbocycles. The predicted molar refractivity (Wildman–Crippen MR) is 144 cm³/mol. The van der Waals surface area contributed by atoms with E-state index < -0.39 is 34.3 Å². The number of esters is 3. The van der Waals surface area contributed by atoms with Gasteiger partial charge in [-0.2, -0.15) is 0 Å². The van der Waals surface area contributed by atoms with Crippen LogP contribution >= 0.6 is 0 Å². The van der Waals surface area contributed by atoms with Crippen molar-refractivity contribution in [3.8, 4) is 23.0 Å². The van der Waals surface area contributed by atoms with Gasteiger partial charge in [-0.05, 0) is 84.0 Å². The Labute approximate surface area is 227 Å². The van der Waals surface area contributed by atoms with Crippen LogP contribution in [-0.4, -0.2) is 25.0 Å². The first-order valence-electron chi connectivity index (χ1n) is 12.7. The van der Waals surface area contributed by atoms with Crippen LogP contribution in [0.3, 0.4) is 0 Å². The lowest BCUT2D eigenvalue weighted by Crippen LogP contribution is -2.33. The van der Waals surface area contributed by atoms with E-state index in [-0.39, 0.29) is 11.5 Å². The predicted octanol–water partition coefficient (Wildman–Crippen LogP) is 6.20.